The van der Waals surface area contributed by atoms with Crippen molar-refractivity contribution in [3.8, 4) is 5.19 Å². The van der Waals surface area contributed by atoms with Gasteiger partial charge in [0, 0.05) is 11.6 Å². The van der Waals surface area contributed by atoms with Crippen molar-refractivity contribution in [1.82, 2.24) is 9.29 Å². The summed E-state index contributed by atoms with van der Waals surface area (Å²) in [5.41, 5.74) is 0. The smallest absolute Gasteiger partial charge is 0.273 e. The van der Waals surface area contributed by atoms with E-state index in [-0.39, 0.29) is 24.1 Å². The van der Waals surface area contributed by atoms with Crippen LogP contribution in [0.5, 0.6) is 5.19 Å². The second-order valence-corrected chi connectivity index (χ2v) is 7.11. The van der Waals surface area contributed by atoms with Gasteiger partial charge in [0.05, 0.1) is 18.0 Å². The van der Waals surface area contributed by atoms with Crippen LogP contribution in [0.4, 0.5) is 4.39 Å². The number of nitrogens with zero attached hydrogens (tertiary/aromatic N) is 2. The van der Waals surface area contributed by atoms with Gasteiger partial charge in [-0.15, -0.1) is 0 Å². The average Bonchev–Trinajstić information content (AvgIpc) is 2.86. The fourth-order valence-electron chi connectivity index (χ4n) is 1.84. The van der Waals surface area contributed by atoms with Crippen LogP contribution in [0.25, 0.3) is 0 Å². The van der Waals surface area contributed by atoms with Gasteiger partial charge in [-0.25, -0.2) is 17.8 Å². The summed E-state index contributed by atoms with van der Waals surface area (Å²) in [5.74, 6) is -0.461. The molecule has 1 aromatic carbocycles. The first-order valence-corrected chi connectivity index (χ1v) is 8.19. The summed E-state index contributed by atoms with van der Waals surface area (Å²) < 4.78 is 44.0. The van der Waals surface area contributed by atoms with Crippen LogP contribution in [0, 0.1) is 5.82 Å². The molecule has 0 saturated carbocycles. The van der Waals surface area contributed by atoms with Crippen LogP contribution in [0.15, 0.2) is 40.7 Å². The van der Waals surface area contributed by atoms with Gasteiger partial charge in [-0.2, -0.15) is 4.31 Å². The Balaban J connectivity index is 1.65. The second-order valence-electron chi connectivity index (χ2n) is 4.31. The minimum atomic E-state index is -3.56. The molecular formula is C12H11FN2O3S2. The Bertz CT molecular complexity index is 680. The molecule has 8 heteroatoms. The van der Waals surface area contributed by atoms with E-state index in [2.05, 4.69) is 4.98 Å². The molecule has 1 fully saturated rings. The van der Waals surface area contributed by atoms with Gasteiger partial charge in [-0.3, -0.25) is 0 Å². The molecule has 1 saturated heterocycles. The van der Waals surface area contributed by atoms with Gasteiger partial charge in [0.1, 0.15) is 11.9 Å². The molecule has 0 aliphatic carbocycles. The zero-order valence-electron chi connectivity index (χ0n) is 10.3. The molecule has 5 nitrogen and oxygen atoms in total. The summed E-state index contributed by atoms with van der Waals surface area (Å²) in [5, 5.41) is 2.33. The topological polar surface area (TPSA) is 59.5 Å². The lowest BCUT2D eigenvalue weighted by Crippen LogP contribution is -2.55. The Morgan fingerprint density at radius 1 is 1.30 bits per heavy atom. The van der Waals surface area contributed by atoms with E-state index in [9.17, 15) is 12.8 Å². The predicted octanol–water partition coefficient (Wildman–Crippen LogP) is 1.73. The van der Waals surface area contributed by atoms with Gasteiger partial charge >= 0.3 is 0 Å². The van der Waals surface area contributed by atoms with Gasteiger partial charge < -0.3 is 4.74 Å². The molecule has 0 atom stereocenters. The molecule has 106 valence electrons. The summed E-state index contributed by atoms with van der Waals surface area (Å²) in [6.45, 7) is 0.554. The van der Waals surface area contributed by atoms with E-state index in [1.807, 2.05) is 0 Å². The number of hydrogen-bond acceptors (Lipinski definition) is 5. The molecule has 1 aliphatic rings. The molecule has 1 aromatic heterocycles. The number of aromatic nitrogens is 1. The van der Waals surface area contributed by atoms with Gasteiger partial charge in [0.25, 0.3) is 5.19 Å². The Kier molecular flexibility index (Phi) is 3.45. The van der Waals surface area contributed by atoms with Crippen molar-refractivity contribution in [3.05, 3.63) is 41.7 Å². The maximum absolute atomic E-state index is 12.8. The predicted molar refractivity (Wildman–Crippen MR) is 71.7 cm³/mol. The molecule has 0 unspecified atom stereocenters. The summed E-state index contributed by atoms with van der Waals surface area (Å²) in [4.78, 5) is 4.07. The highest BCUT2D eigenvalue weighted by molar-refractivity contribution is 7.89. The van der Waals surface area contributed by atoms with Crippen molar-refractivity contribution in [2.75, 3.05) is 13.1 Å². The number of halogens is 1. The summed E-state index contributed by atoms with van der Waals surface area (Å²) in [7, 11) is -3.56. The Labute approximate surface area is 119 Å². The van der Waals surface area contributed by atoms with Gasteiger partial charge in [-0.1, -0.05) is 11.3 Å². The van der Waals surface area contributed by atoms with Crippen LogP contribution < -0.4 is 4.74 Å². The van der Waals surface area contributed by atoms with Crippen molar-refractivity contribution >= 4 is 21.4 Å². The number of sulfonamides is 1. The number of benzene rings is 1. The van der Waals surface area contributed by atoms with Crippen LogP contribution in [0.2, 0.25) is 0 Å². The number of hydrogen-bond donors (Lipinski definition) is 0. The standard InChI is InChI=1S/C12H11FN2O3S2/c13-9-1-3-11(4-2-9)20(16,17)15-7-10(8-15)18-12-14-5-6-19-12/h1-6,10H,7-8H2. The van der Waals surface area contributed by atoms with Crippen molar-refractivity contribution in [3.63, 3.8) is 0 Å². The van der Waals surface area contributed by atoms with Crippen LogP contribution >= 0.6 is 11.3 Å². The summed E-state index contributed by atoms with van der Waals surface area (Å²) in [6, 6.07) is 4.80. The average molecular weight is 314 g/mol. The zero-order chi connectivity index (χ0) is 14.2. The SMILES string of the molecule is O=S(=O)(c1ccc(F)cc1)N1CC(Oc2nccs2)C1. The fourth-order valence-corrected chi connectivity index (χ4v) is 3.89. The minimum absolute atomic E-state index is 0.0894. The van der Waals surface area contributed by atoms with Crippen LogP contribution in [0.1, 0.15) is 0 Å². The maximum Gasteiger partial charge on any atom is 0.273 e. The quantitative estimate of drug-likeness (QED) is 0.862. The monoisotopic (exact) mass is 314 g/mol. The lowest BCUT2D eigenvalue weighted by molar-refractivity contribution is 0.0759. The highest BCUT2D eigenvalue weighted by atomic mass is 32.2. The minimum Gasteiger partial charge on any atom is -0.464 e. The van der Waals surface area contributed by atoms with Gasteiger partial charge in [-0.05, 0) is 24.3 Å². The summed E-state index contributed by atoms with van der Waals surface area (Å²) >= 11 is 1.36. The first kappa shape index (κ1) is 13.5. The molecular weight excluding hydrogens is 303 g/mol. The summed E-state index contributed by atoms with van der Waals surface area (Å²) in [6.07, 6.45) is 1.45. The maximum atomic E-state index is 12.8. The Morgan fingerprint density at radius 3 is 2.60 bits per heavy atom. The van der Waals surface area contributed by atoms with Gasteiger partial charge in [0.2, 0.25) is 10.0 Å². The number of rotatable bonds is 4. The second kappa shape index (κ2) is 5.12. The van der Waals surface area contributed by atoms with Crippen molar-refractivity contribution in [2.45, 2.75) is 11.0 Å². The van der Waals surface area contributed by atoms with Gasteiger partial charge in [0.15, 0.2) is 0 Å². The molecule has 3 rings (SSSR count). The molecule has 20 heavy (non-hydrogen) atoms. The van der Waals surface area contributed by atoms with E-state index >= 15 is 0 Å². The van der Waals surface area contributed by atoms with Crippen molar-refractivity contribution < 1.29 is 17.5 Å². The first-order chi connectivity index (χ1) is 9.55. The largest absolute Gasteiger partial charge is 0.464 e. The molecule has 2 aromatic rings. The van der Waals surface area contributed by atoms with E-state index < -0.39 is 15.8 Å². The molecule has 1 aliphatic heterocycles. The Hall–Kier alpha value is -1.51. The lowest BCUT2D eigenvalue weighted by atomic mass is 10.2. The highest BCUT2D eigenvalue weighted by Crippen LogP contribution is 2.25. The molecule has 0 N–H and O–H groups in total. The Morgan fingerprint density at radius 2 is 2.00 bits per heavy atom. The normalized spacial score (nSPS) is 16.9. The molecule has 0 radical (unpaired) electrons. The third-order valence-corrected chi connectivity index (χ3v) is 5.45. The molecule has 0 spiro atoms. The van der Waals surface area contributed by atoms with Crippen molar-refractivity contribution in [2.24, 2.45) is 0 Å². The zero-order valence-corrected chi connectivity index (χ0v) is 11.9. The van der Waals surface area contributed by atoms with Crippen LogP contribution in [-0.4, -0.2) is 36.9 Å². The fraction of sp³-hybridized carbons (Fsp3) is 0.250. The van der Waals surface area contributed by atoms with Crippen LogP contribution in [-0.2, 0) is 10.0 Å². The molecule has 0 bridgehead atoms. The van der Waals surface area contributed by atoms with E-state index in [0.717, 1.165) is 12.1 Å². The molecule has 0 amide bonds. The van der Waals surface area contributed by atoms with E-state index in [4.69, 9.17) is 4.74 Å². The lowest BCUT2D eigenvalue weighted by Gasteiger charge is -2.37. The number of thiazole rings is 1. The van der Waals surface area contributed by atoms with Crippen LogP contribution in [0.3, 0.4) is 0 Å². The third kappa shape index (κ3) is 2.54. The first-order valence-electron chi connectivity index (χ1n) is 5.87. The van der Waals surface area contributed by atoms with E-state index in [1.165, 1.54) is 27.8 Å². The van der Waals surface area contributed by atoms with E-state index in [0.29, 0.717) is 5.19 Å². The number of ether oxygens (including phenoxy) is 1. The molecule has 2 heterocycles. The highest BCUT2D eigenvalue weighted by Gasteiger charge is 2.38. The third-order valence-electron chi connectivity index (χ3n) is 2.94. The van der Waals surface area contributed by atoms with E-state index in [1.54, 1.807) is 11.6 Å². The van der Waals surface area contributed by atoms with Crippen molar-refractivity contribution in [1.29, 1.82) is 0 Å².